The van der Waals surface area contributed by atoms with Crippen LogP contribution < -0.4 is 5.43 Å². The molecule has 0 atom stereocenters. The van der Waals surface area contributed by atoms with Gasteiger partial charge in [0.05, 0.1) is 11.7 Å². The zero-order valence-corrected chi connectivity index (χ0v) is 13.6. The monoisotopic (exact) mass is 339 g/mol. The average Bonchev–Trinajstić information content (AvgIpc) is 2.56. The lowest BCUT2D eigenvalue weighted by Gasteiger charge is -2.03. The number of amides is 1. The molecular weight excluding hydrogens is 326 g/mol. The van der Waals surface area contributed by atoms with Crippen molar-refractivity contribution in [2.45, 2.75) is 6.92 Å². The fourth-order valence-corrected chi connectivity index (χ4v) is 2.39. The van der Waals surface area contributed by atoms with Crippen molar-refractivity contribution >= 4 is 34.6 Å². The molecule has 0 spiro atoms. The summed E-state index contributed by atoms with van der Waals surface area (Å²) in [7, 11) is 0. The van der Waals surface area contributed by atoms with E-state index in [4.69, 9.17) is 11.6 Å². The zero-order chi connectivity index (χ0) is 17.1. The van der Waals surface area contributed by atoms with Crippen LogP contribution in [0.2, 0.25) is 5.15 Å². The molecule has 1 aromatic heterocycles. The van der Waals surface area contributed by atoms with Gasteiger partial charge in [0, 0.05) is 16.5 Å². The second-order valence-electron chi connectivity index (χ2n) is 5.31. The molecule has 5 nitrogen and oxygen atoms in total. The predicted octanol–water partition coefficient (Wildman–Crippen LogP) is 3.67. The van der Waals surface area contributed by atoms with Crippen molar-refractivity contribution in [3.63, 3.8) is 0 Å². The molecule has 1 amide bonds. The number of phenolic OH excluding ortho intramolecular Hbond substituents is 1. The number of carbonyl (C=O) groups is 1. The first-order valence-electron chi connectivity index (χ1n) is 7.22. The lowest BCUT2D eigenvalue weighted by molar-refractivity contribution is 0.0955. The molecule has 0 unspecified atom stereocenters. The van der Waals surface area contributed by atoms with E-state index in [0.29, 0.717) is 16.3 Å². The topological polar surface area (TPSA) is 74.6 Å². The molecule has 2 aromatic carbocycles. The molecule has 0 aliphatic heterocycles. The number of nitrogens with zero attached hydrogens (tertiary/aromatic N) is 2. The minimum absolute atomic E-state index is 0.0966. The van der Waals surface area contributed by atoms with Crippen LogP contribution in [-0.4, -0.2) is 22.2 Å². The summed E-state index contributed by atoms with van der Waals surface area (Å²) in [4.78, 5) is 16.3. The van der Waals surface area contributed by atoms with Crippen molar-refractivity contribution in [3.05, 3.63) is 70.4 Å². The smallest absolute Gasteiger partial charge is 0.271 e. The van der Waals surface area contributed by atoms with Gasteiger partial charge in [0.15, 0.2) is 0 Å². The van der Waals surface area contributed by atoms with Crippen molar-refractivity contribution < 1.29 is 9.90 Å². The standard InChI is InChI=1S/C18H14ClN3O2/c1-11-2-3-13-9-14(17(19)21-16(13)8-11)10-20-22-18(24)12-4-6-15(23)7-5-12/h2-10,23H,1H3,(H,22,24)/b20-10-. The number of benzene rings is 2. The van der Waals surface area contributed by atoms with Crippen LogP contribution >= 0.6 is 11.6 Å². The van der Waals surface area contributed by atoms with E-state index in [1.165, 1.54) is 30.5 Å². The van der Waals surface area contributed by atoms with E-state index in [0.717, 1.165) is 16.5 Å². The lowest BCUT2D eigenvalue weighted by atomic mass is 10.1. The maximum Gasteiger partial charge on any atom is 0.271 e. The fourth-order valence-electron chi connectivity index (χ4n) is 2.20. The Labute approximate surface area is 143 Å². The zero-order valence-electron chi connectivity index (χ0n) is 12.8. The minimum atomic E-state index is -0.383. The highest BCUT2D eigenvalue weighted by molar-refractivity contribution is 6.32. The summed E-state index contributed by atoms with van der Waals surface area (Å²) in [5.74, 6) is -0.286. The first kappa shape index (κ1) is 16.0. The molecule has 1 heterocycles. The van der Waals surface area contributed by atoms with Gasteiger partial charge < -0.3 is 5.11 Å². The third-order valence-corrected chi connectivity index (χ3v) is 3.76. The molecule has 0 fully saturated rings. The number of aryl methyl sites for hydroxylation is 1. The van der Waals surface area contributed by atoms with E-state index in [1.807, 2.05) is 31.2 Å². The van der Waals surface area contributed by atoms with Gasteiger partial charge in [-0.15, -0.1) is 0 Å². The number of hydrogen-bond acceptors (Lipinski definition) is 4. The van der Waals surface area contributed by atoms with Gasteiger partial charge in [0.25, 0.3) is 5.91 Å². The summed E-state index contributed by atoms with van der Waals surface area (Å²) in [6.07, 6.45) is 1.45. The molecule has 3 rings (SSSR count). The largest absolute Gasteiger partial charge is 0.508 e. The van der Waals surface area contributed by atoms with Gasteiger partial charge in [-0.2, -0.15) is 5.10 Å². The number of nitrogens with one attached hydrogen (secondary N) is 1. The number of fused-ring (bicyclic) bond motifs is 1. The van der Waals surface area contributed by atoms with Gasteiger partial charge in [0.2, 0.25) is 0 Å². The van der Waals surface area contributed by atoms with E-state index in [9.17, 15) is 9.90 Å². The Balaban J connectivity index is 1.77. The number of rotatable bonds is 3. The second-order valence-corrected chi connectivity index (χ2v) is 5.67. The molecule has 0 saturated heterocycles. The van der Waals surface area contributed by atoms with Crippen LogP contribution in [-0.2, 0) is 0 Å². The summed E-state index contributed by atoms with van der Waals surface area (Å²) >= 11 is 6.16. The molecule has 0 aliphatic rings. The first-order valence-corrected chi connectivity index (χ1v) is 7.60. The maximum atomic E-state index is 11.9. The fraction of sp³-hybridized carbons (Fsp3) is 0.0556. The van der Waals surface area contributed by atoms with Gasteiger partial charge in [-0.25, -0.2) is 10.4 Å². The molecule has 0 aliphatic carbocycles. The van der Waals surface area contributed by atoms with E-state index < -0.39 is 0 Å². The van der Waals surface area contributed by atoms with E-state index in [-0.39, 0.29) is 11.7 Å². The van der Waals surface area contributed by atoms with Crippen LogP contribution in [0.5, 0.6) is 5.75 Å². The number of aromatic hydroxyl groups is 1. The van der Waals surface area contributed by atoms with Gasteiger partial charge in [-0.05, 0) is 48.9 Å². The Morgan fingerprint density at radius 3 is 2.71 bits per heavy atom. The first-order chi connectivity index (χ1) is 11.5. The predicted molar refractivity (Wildman–Crippen MR) is 94.7 cm³/mol. The maximum absolute atomic E-state index is 11.9. The molecule has 6 heteroatoms. The third kappa shape index (κ3) is 3.52. The lowest BCUT2D eigenvalue weighted by Crippen LogP contribution is -2.17. The minimum Gasteiger partial charge on any atom is -0.508 e. The van der Waals surface area contributed by atoms with E-state index in [1.54, 1.807) is 0 Å². The van der Waals surface area contributed by atoms with Crippen LogP contribution in [0.25, 0.3) is 10.9 Å². The molecule has 3 aromatic rings. The van der Waals surface area contributed by atoms with Gasteiger partial charge >= 0.3 is 0 Å². The van der Waals surface area contributed by atoms with E-state index in [2.05, 4.69) is 15.5 Å². The van der Waals surface area contributed by atoms with Crippen molar-refractivity contribution in [3.8, 4) is 5.75 Å². The van der Waals surface area contributed by atoms with Gasteiger partial charge in [-0.3, -0.25) is 4.79 Å². The molecule has 0 bridgehead atoms. The summed E-state index contributed by atoms with van der Waals surface area (Å²) in [6.45, 7) is 1.99. The molecular formula is C18H14ClN3O2. The number of phenols is 1. The number of pyridine rings is 1. The average molecular weight is 340 g/mol. The number of hydrazone groups is 1. The van der Waals surface area contributed by atoms with Crippen LogP contribution in [0.4, 0.5) is 0 Å². The van der Waals surface area contributed by atoms with Crippen molar-refractivity contribution in [2.24, 2.45) is 5.10 Å². The molecule has 0 saturated carbocycles. The summed E-state index contributed by atoms with van der Waals surface area (Å²) < 4.78 is 0. The molecule has 2 N–H and O–H groups in total. The Hall–Kier alpha value is -2.92. The van der Waals surface area contributed by atoms with Crippen LogP contribution in [0.15, 0.2) is 53.6 Å². The quantitative estimate of drug-likeness (QED) is 0.434. The summed E-state index contributed by atoms with van der Waals surface area (Å²) in [5.41, 5.74) is 5.33. The Kier molecular flexibility index (Phi) is 4.44. The molecule has 120 valence electrons. The van der Waals surface area contributed by atoms with Crippen molar-refractivity contribution in [1.29, 1.82) is 0 Å². The number of carbonyl (C=O) groups excluding carboxylic acids is 1. The highest BCUT2D eigenvalue weighted by Crippen LogP contribution is 2.20. The van der Waals surface area contributed by atoms with E-state index >= 15 is 0 Å². The van der Waals surface area contributed by atoms with Crippen molar-refractivity contribution in [2.75, 3.05) is 0 Å². The Bertz CT molecular complexity index is 937. The second kappa shape index (κ2) is 6.68. The van der Waals surface area contributed by atoms with Crippen LogP contribution in [0.3, 0.4) is 0 Å². The van der Waals surface area contributed by atoms with Crippen LogP contribution in [0.1, 0.15) is 21.5 Å². The number of hydrogen-bond donors (Lipinski definition) is 2. The SMILES string of the molecule is Cc1ccc2cc(/C=N\NC(=O)c3ccc(O)cc3)c(Cl)nc2c1. The summed E-state index contributed by atoms with van der Waals surface area (Å²) in [6, 6.07) is 13.6. The Morgan fingerprint density at radius 2 is 1.96 bits per heavy atom. The number of halogens is 1. The highest BCUT2D eigenvalue weighted by atomic mass is 35.5. The van der Waals surface area contributed by atoms with Gasteiger partial charge in [0.1, 0.15) is 10.9 Å². The Morgan fingerprint density at radius 1 is 1.21 bits per heavy atom. The van der Waals surface area contributed by atoms with Crippen LogP contribution in [0, 0.1) is 6.92 Å². The molecule has 0 radical (unpaired) electrons. The highest BCUT2D eigenvalue weighted by Gasteiger charge is 2.05. The molecule has 24 heavy (non-hydrogen) atoms. The summed E-state index contributed by atoms with van der Waals surface area (Å²) in [5, 5.41) is 14.4. The third-order valence-electron chi connectivity index (χ3n) is 3.45. The van der Waals surface area contributed by atoms with Gasteiger partial charge in [-0.1, -0.05) is 23.7 Å². The van der Waals surface area contributed by atoms with Crippen molar-refractivity contribution in [1.82, 2.24) is 10.4 Å². The number of aromatic nitrogens is 1. The normalized spacial score (nSPS) is 11.1.